The Labute approximate surface area is 174 Å². The Kier molecular flexibility index (Phi) is 8.24. The molecular weight excluding hydrogens is 414 g/mol. The number of methoxy groups -OCH3 is 1. The highest BCUT2D eigenvalue weighted by molar-refractivity contribution is 5.86. The molecule has 0 aliphatic rings. The molecule has 31 heavy (non-hydrogen) atoms. The maximum absolute atomic E-state index is 11.8. The van der Waals surface area contributed by atoms with E-state index in [1.165, 1.54) is 25.5 Å². The number of carbonyl (C=O) groups is 1. The zero-order valence-corrected chi connectivity index (χ0v) is 16.8. The van der Waals surface area contributed by atoms with Crippen molar-refractivity contribution in [3.8, 4) is 11.5 Å². The highest BCUT2D eigenvalue weighted by Crippen LogP contribution is 2.38. The van der Waals surface area contributed by atoms with Gasteiger partial charge in [0.1, 0.15) is 0 Å². The Hall–Kier alpha value is -4.23. The van der Waals surface area contributed by atoms with Crippen LogP contribution in [-0.4, -0.2) is 52.5 Å². The molecule has 2 aromatic rings. The first-order chi connectivity index (χ1) is 14.8. The molecule has 14 heteroatoms. The molecule has 1 aromatic carbocycles. The zero-order chi connectivity index (χ0) is 22.8. The van der Waals surface area contributed by atoms with Gasteiger partial charge in [0.25, 0.3) is 11.5 Å². The highest BCUT2D eigenvalue weighted by Gasteiger charge is 2.22. The summed E-state index contributed by atoms with van der Waals surface area (Å²) in [6.07, 6.45) is 2.78. The number of carbonyl (C=O) groups excluding carboxylic acids is 1. The van der Waals surface area contributed by atoms with Gasteiger partial charge in [-0.3, -0.25) is 24.7 Å². The third-order valence-corrected chi connectivity index (χ3v) is 3.75. The molecule has 0 saturated carbocycles. The van der Waals surface area contributed by atoms with Crippen molar-refractivity contribution >= 4 is 23.6 Å². The maximum atomic E-state index is 11.8. The summed E-state index contributed by atoms with van der Waals surface area (Å²) in [6.45, 7) is 1.90. The lowest BCUT2D eigenvalue weighted by Gasteiger charge is -2.11. The number of amides is 1. The number of anilines is 1. The van der Waals surface area contributed by atoms with Crippen LogP contribution in [0.1, 0.15) is 25.3 Å². The molecule has 1 amide bonds. The summed E-state index contributed by atoms with van der Waals surface area (Å²) in [5, 5.41) is 23.0. The number of rotatable bonds is 11. The molecule has 1 heterocycles. The molecular formula is C17H21N7O7. The fourth-order valence-electron chi connectivity index (χ4n) is 2.28. The standard InChI is InChI=1S/C17H21N7O7/c1-3-4-5-31-14-11(24(28)29)6-10(7-12(14)30-2)8-19-21-13(25)9-18-15-16(26)20-17(27)23-22-15/h6-8H,3-5,9H2,1-2H3,(H,18,22)(H,21,25)(H2,20,23,26,27)/b19-8+. The first kappa shape index (κ1) is 23.1. The van der Waals surface area contributed by atoms with Crippen molar-refractivity contribution in [2.75, 3.05) is 25.6 Å². The molecule has 166 valence electrons. The molecule has 4 N–H and O–H groups in total. The van der Waals surface area contributed by atoms with Crippen LogP contribution < -0.4 is 31.5 Å². The molecule has 0 aliphatic heterocycles. The Morgan fingerprint density at radius 2 is 2.16 bits per heavy atom. The highest BCUT2D eigenvalue weighted by atomic mass is 16.6. The van der Waals surface area contributed by atoms with E-state index in [0.29, 0.717) is 12.2 Å². The monoisotopic (exact) mass is 435 g/mol. The predicted molar refractivity (Wildman–Crippen MR) is 110 cm³/mol. The smallest absolute Gasteiger partial charge is 0.342 e. The number of hydrogen-bond donors (Lipinski definition) is 4. The summed E-state index contributed by atoms with van der Waals surface area (Å²) in [5.41, 5.74) is 0.609. The van der Waals surface area contributed by atoms with Crippen LogP contribution in [0.15, 0.2) is 26.8 Å². The SMILES string of the molecule is CCCCOc1c(OC)cc(/C=N/NC(=O)CNc2n[nH]c(=O)[nH]c2=O)cc1[N+](=O)[O-]. The first-order valence-corrected chi connectivity index (χ1v) is 9.09. The van der Waals surface area contributed by atoms with Gasteiger partial charge in [-0.15, -0.1) is 5.10 Å². The third kappa shape index (κ3) is 6.66. The van der Waals surface area contributed by atoms with Crippen LogP contribution in [0.25, 0.3) is 0 Å². The van der Waals surface area contributed by atoms with Crippen molar-refractivity contribution in [2.45, 2.75) is 19.8 Å². The molecule has 1 aromatic heterocycles. The molecule has 0 fully saturated rings. The van der Waals surface area contributed by atoms with Crippen molar-refractivity contribution in [1.29, 1.82) is 0 Å². The van der Waals surface area contributed by atoms with Crippen molar-refractivity contribution in [2.24, 2.45) is 5.10 Å². The van der Waals surface area contributed by atoms with Gasteiger partial charge < -0.3 is 14.8 Å². The second kappa shape index (κ2) is 11.1. The maximum Gasteiger partial charge on any atom is 0.342 e. The molecule has 0 aliphatic carbocycles. The number of hydrazone groups is 1. The van der Waals surface area contributed by atoms with Gasteiger partial charge in [0, 0.05) is 11.6 Å². The van der Waals surface area contributed by atoms with Crippen molar-refractivity contribution in [3.05, 3.63) is 48.6 Å². The zero-order valence-electron chi connectivity index (χ0n) is 16.8. The lowest BCUT2D eigenvalue weighted by Crippen LogP contribution is -2.31. The third-order valence-electron chi connectivity index (χ3n) is 3.75. The predicted octanol–water partition coefficient (Wildman–Crippen LogP) is 0.116. The van der Waals surface area contributed by atoms with E-state index >= 15 is 0 Å². The molecule has 14 nitrogen and oxygen atoms in total. The molecule has 0 saturated heterocycles. The van der Waals surface area contributed by atoms with Crippen LogP contribution in [-0.2, 0) is 4.79 Å². The van der Waals surface area contributed by atoms with Crippen LogP contribution in [0.3, 0.4) is 0 Å². The summed E-state index contributed by atoms with van der Waals surface area (Å²) < 4.78 is 10.7. The van der Waals surface area contributed by atoms with Crippen molar-refractivity contribution < 1.29 is 19.2 Å². The van der Waals surface area contributed by atoms with E-state index in [4.69, 9.17) is 9.47 Å². The average Bonchev–Trinajstić information content (AvgIpc) is 2.73. The lowest BCUT2D eigenvalue weighted by atomic mass is 10.2. The lowest BCUT2D eigenvalue weighted by molar-refractivity contribution is -0.386. The average molecular weight is 435 g/mol. The summed E-state index contributed by atoms with van der Waals surface area (Å²) in [5.74, 6) is -0.713. The molecule has 0 unspecified atom stereocenters. The fraction of sp³-hybridized carbons (Fsp3) is 0.353. The number of aromatic nitrogens is 3. The fourth-order valence-corrected chi connectivity index (χ4v) is 2.28. The Bertz CT molecular complexity index is 1080. The Morgan fingerprint density at radius 1 is 1.39 bits per heavy atom. The topological polar surface area (TPSA) is 194 Å². The largest absolute Gasteiger partial charge is 0.493 e. The summed E-state index contributed by atoms with van der Waals surface area (Å²) >= 11 is 0. The van der Waals surface area contributed by atoms with Gasteiger partial charge >= 0.3 is 11.4 Å². The molecule has 0 bridgehead atoms. The van der Waals surface area contributed by atoms with Gasteiger partial charge in [0.05, 0.1) is 31.4 Å². The number of nitrogens with one attached hydrogen (secondary N) is 4. The van der Waals surface area contributed by atoms with Gasteiger partial charge in [0.15, 0.2) is 5.75 Å². The van der Waals surface area contributed by atoms with Crippen LogP contribution in [0.4, 0.5) is 11.5 Å². The minimum Gasteiger partial charge on any atom is -0.493 e. The molecule has 2 rings (SSSR count). The van der Waals surface area contributed by atoms with E-state index in [1.54, 1.807) is 0 Å². The number of aromatic amines is 2. The van der Waals surface area contributed by atoms with Crippen LogP contribution in [0.5, 0.6) is 11.5 Å². The summed E-state index contributed by atoms with van der Waals surface area (Å²) in [6, 6.07) is 2.72. The number of nitro groups is 1. The number of benzene rings is 1. The molecule has 0 atom stereocenters. The van der Waals surface area contributed by atoms with Crippen LogP contribution >= 0.6 is 0 Å². The number of unbranched alkanes of at least 4 members (excludes halogenated alkanes) is 1. The van der Waals surface area contributed by atoms with Crippen molar-refractivity contribution in [1.82, 2.24) is 20.6 Å². The molecule has 0 spiro atoms. The van der Waals surface area contributed by atoms with E-state index in [-0.39, 0.29) is 29.5 Å². The number of H-pyrrole nitrogens is 2. The van der Waals surface area contributed by atoms with Crippen LogP contribution in [0.2, 0.25) is 0 Å². The number of hydrogen-bond acceptors (Lipinski definition) is 10. The minimum absolute atomic E-state index is 0.0185. The number of ether oxygens (including phenoxy) is 2. The summed E-state index contributed by atoms with van der Waals surface area (Å²) in [7, 11) is 1.35. The quantitative estimate of drug-likeness (QED) is 0.164. The minimum atomic E-state index is -0.791. The van der Waals surface area contributed by atoms with E-state index in [9.17, 15) is 24.5 Å². The van der Waals surface area contributed by atoms with E-state index < -0.39 is 22.1 Å². The van der Waals surface area contributed by atoms with Gasteiger partial charge in [0.2, 0.25) is 11.6 Å². The van der Waals surface area contributed by atoms with E-state index in [1.807, 2.05) is 17.0 Å². The number of nitro benzene ring substituents is 1. The van der Waals surface area contributed by atoms with Crippen molar-refractivity contribution in [3.63, 3.8) is 0 Å². The first-order valence-electron chi connectivity index (χ1n) is 9.09. The molecule has 0 radical (unpaired) electrons. The number of nitrogens with zero attached hydrogens (tertiary/aromatic N) is 3. The summed E-state index contributed by atoms with van der Waals surface area (Å²) in [4.78, 5) is 47.0. The van der Waals surface area contributed by atoms with Gasteiger partial charge in [-0.1, -0.05) is 13.3 Å². The van der Waals surface area contributed by atoms with E-state index in [2.05, 4.69) is 20.9 Å². The van der Waals surface area contributed by atoms with Gasteiger partial charge in [-0.25, -0.2) is 15.3 Å². The Balaban J connectivity index is 2.06. The second-order valence-corrected chi connectivity index (χ2v) is 6.03. The normalized spacial score (nSPS) is 10.6. The second-order valence-electron chi connectivity index (χ2n) is 6.03. The van der Waals surface area contributed by atoms with Gasteiger partial charge in [-0.05, 0) is 12.5 Å². The van der Waals surface area contributed by atoms with Gasteiger partial charge in [-0.2, -0.15) is 5.10 Å². The van der Waals surface area contributed by atoms with Crippen LogP contribution in [0, 0.1) is 10.1 Å². The van der Waals surface area contributed by atoms with E-state index in [0.717, 1.165) is 12.8 Å². The Morgan fingerprint density at radius 3 is 2.81 bits per heavy atom.